The first-order valence-electron chi connectivity index (χ1n) is 20.3. The van der Waals surface area contributed by atoms with E-state index in [4.69, 9.17) is 18.9 Å². The minimum atomic E-state index is -0.755. The maximum Gasteiger partial charge on any atom is 0.421 e. The summed E-state index contributed by atoms with van der Waals surface area (Å²) >= 11 is 2.20. The average Bonchev–Trinajstić information content (AvgIpc) is 3.76. The lowest BCUT2D eigenvalue weighted by molar-refractivity contribution is 0.0526. The predicted octanol–water partition coefficient (Wildman–Crippen LogP) is 11.2. The standard InChI is InChI=1S/C29H33N3O5.C19H24IN3O4/c1-19-16-21(18-33)11-13-22(19)12-8-20-9-14-23(15-10-20)24-17-30-25(31-26(34)36-28(2,3)4)32(24)27(35)37-29(5,6)7;1-18(2,3)26-16(24)22-15-21-11-14(12-7-9-13(20)10-8-12)23(15)17(25)27-19(4,5)6/h9-11,13-17,33H,18H2,1-7H3,(H,30,31,34);7-11H,1-6H3,(H,21,22,24). The molecule has 0 aliphatic rings. The minimum Gasteiger partial charge on any atom is -0.444 e. The number of aryl methyl sites for hydroxylation is 1. The summed E-state index contributed by atoms with van der Waals surface area (Å²) in [4.78, 5) is 58.8. The molecular weight excluding hydrogens is 931 g/mol. The normalized spacial score (nSPS) is 11.5. The Balaban J connectivity index is 0.000000295. The lowest BCUT2D eigenvalue weighted by atomic mass is 10.0. The van der Waals surface area contributed by atoms with Crippen LogP contribution < -0.4 is 10.6 Å². The highest BCUT2D eigenvalue weighted by atomic mass is 127. The predicted molar refractivity (Wildman–Crippen MR) is 254 cm³/mol. The molecule has 2 amide bonds. The van der Waals surface area contributed by atoms with Gasteiger partial charge in [-0.25, -0.2) is 38.3 Å². The number of benzene rings is 3. The molecule has 0 atom stereocenters. The highest BCUT2D eigenvalue weighted by Crippen LogP contribution is 2.28. The SMILES string of the molecule is CC(C)(C)OC(=O)Nc1ncc(-c2ccc(I)cc2)n1C(=O)OC(C)(C)C.Cc1cc(CO)ccc1C#Cc1ccc(-c2cnc(NC(=O)OC(C)(C)C)n2C(=O)OC(C)(C)C)cc1. The third-order valence-corrected chi connectivity index (χ3v) is 8.76. The third kappa shape index (κ3) is 15.6. The van der Waals surface area contributed by atoms with Gasteiger partial charge in [0.25, 0.3) is 0 Å². The molecular formula is C48H57IN6O9. The number of nitrogens with zero attached hydrogens (tertiary/aromatic N) is 4. The molecule has 0 aliphatic heterocycles. The maximum atomic E-state index is 13.1. The van der Waals surface area contributed by atoms with Gasteiger partial charge in [-0.15, -0.1) is 0 Å². The van der Waals surface area contributed by atoms with Gasteiger partial charge in [-0.1, -0.05) is 48.2 Å². The number of amides is 2. The van der Waals surface area contributed by atoms with E-state index in [1.807, 2.05) is 73.7 Å². The number of carbonyl (C=O) groups is 4. The van der Waals surface area contributed by atoms with Crippen molar-refractivity contribution in [2.75, 3.05) is 10.6 Å². The molecule has 0 spiro atoms. The van der Waals surface area contributed by atoms with E-state index in [0.29, 0.717) is 17.0 Å². The van der Waals surface area contributed by atoms with Crippen LogP contribution in [0.4, 0.5) is 31.1 Å². The largest absolute Gasteiger partial charge is 0.444 e. The molecule has 64 heavy (non-hydrogen) atoms. The molecule has 0 saturated heterocycles. The van der Waals surface area contributed by atoms with Gasteiger partial charge >= 0.3 is 24.4 Å². The summed E-state index contributed by atoms with van der Waals surface area (Å²) in [6, 6.07) is 20.6. The Hall–Kier alpha value is -6.19. The number of rotatable bonds is 5. The van der Waals surface area contributed by atoms with Crippen molar-refractivity contribution in [3.05, 3.63) is 105 Å². The molecule has 0 bridgehead atoms. The molecule has 0 saturated carbocycles. The van der Waals surface area contributed by atoms with Crippen LogP contribution in [0.1, 0.15) is 105 Å². The van der Waals surface area contributed by atoms with Crippen molar-refractivity contribution in [1.29, 1.82) is 0 Å². The number of carbonyl (C=O) groups excluding carboxylic acids is 4. The Morgan fingerprint density at radius 1 is 0.609 bits per heavy atom. The Kier molecular flexibility index (Phi) is 16.2. The van der Waals surface area contributed by atoms with Crippen molar-refractivity contribution in [3.8, 4) is 34.4 Å². The lowest BCUT2D eigenvalue weighted by Crippen LogP contribution is -2.31. The molecule has 0 fully saturated rings. The Morgan fingerprint density at radius 3 is 1.39 bits per heavy atom. The van der Waals surface area contributed by atoms with Crippen LogP contribution >= 0.6 is 22.6 Å². The van der Waals surface area contributed by atoms with E-state index >= 15 is 0 Å². The van der Waals surface area contributed by atoms with Gasteiger partial charge in [-0.3, -0.25) is 10.6 Å². The molecule has 0 unspecified atom stereocenters. The number of ether oxygens (including phenoxy) is 4. The second-order valence-electron chi connectivity index (χ2n) is 18.5. The monoisotopic (exact) mass is 988 g/mol. The number of aliphatic hydroxyl groups excluding tert-OH is 1. The lowest BCUT2D eigenvalue weighted by Gasteiger charge is -2.22. The first-order valence-corrected chi connectivity index (χ1v) is 21.4. The van der Waals surface area contributed by atoms with Crippen LogP contribution in [0.25, 0.3) is 22.5 Å². The van der Waals surface area contributed by atoms with Gasteiger partial charge in [-0.05, 0) is 154 Å². The van der Waals surface area contributed by atoms with Gasteiger partial charge in [0, 0.05) is 25.8 Å². The molecule has 340 valence electrons. The van der Waals surface area contributed by atoms with E-state index in [1.54, 1.807) is 83.1 Å². The zero-order valence-electron chi connectivity index (χ0n) is 38.6. The van der Waals surface area contributed by atoms with Crippen LogP contribution in [0.3, 0.4) is 0 Å². The van der Waals surface area contributed by atoms with Gasteiger partial charge < -0.3 is 24.1 Å². The maximum absolute atomic E-state index is 13.1. The number of aliphatic hydroxyl groups is 1. The molecule has 0 aliphatic carbocycles. The molecule has 2 aromatic heterocycles. The van der Waals surface area contributed by atoms with Crippen molar-refractivity contribution in [2.24, 2.45) is 0 Å². The number of anilines is 2. The van der Waals surface area contributed by atoms with Gasteiger partial charge in [0.2, 0.25) is 11.9 Å². The fraction of sp³-hybridized carbons (Fsp3) is 0.375. The van der Waals surface area contributed by atoms with Crippen LogP contribution in [-0.2, 0) is 25.6 Å². The highest BCUT2D eigenvalue weighted by molar-refractivity contribution is 14.1. The highest BCUT2D eigenvalue weighted by Gasteiger charge is 2.28. The summed E-state index contributed by atoms with van der Waals surface area (Å²) in [6.07, 6.45) is 0.244. The molecule has 3 N–H and O–H groups in total. The molecule has 5 aromatic rings. The average molecular weight is 989 g/mol. The Labute approximate surface area is 388 Å². The topological polar surface area (TPSA) is 185 Å². The number of nitrogens with one attached hydrogen (secondary N) is 2. The number of halogens is 1. The van der Waals surface area contributed by atoms with E-state index in [9.17, 15) is 24.3 Å². The van der Waals surface area contributed by atoms with Gasteiger partial charge in [0.05, 0.1) is 30.4 Å². The summed E-state index contributed by atoms with van der Waals surface area (Å²) in [5, 5.41) is 14.3. The van der Waals surface area contributed by atoms with E-state index in [0.717, 1.165) is 31.4 Å². The van der Waals surface area contributed by atoms with Gasteiger partial charge in [0.15, 0.2) is 0 Å². The summed E-state index contributed by atoms with van der Waals surface area (Å²) in [6.45, 7) is 23.0. The molecule has 0 radical (unpaired) electrons. The van der Waals surface area contributed by atoms with Crippen molar-refractivity contribution >= 4 is 58.9 Å². The molecule has 2 heterocycles. The zero-order valence-corrected chi connectivity index (χ0v) is 40.8. The van der Waals surface area contributed by atoms with Gasteiger partial charge in [-0.2, -0.15) is 0 Å². The summed E-state index contributed by atoms with van der Waals surface area (Å²) in [7, 11) is 0. The second kappa shape index (κ2) is 20.5. The quantitative estimate of drug-likeness (QED) is 0.0864. The number of hydrogen-bond acceptors (Lipinski definition) is 11. The summed E-state index contributed by atoms with van der Waals surface area (Å²) < 4.78 is 25.1. The number of imidazole rings is 2. The molecule has 3 aromatic carbocycles. The van der Waals surface area contributed by atoms with Crippen molar-refractivity contribution in [1.82, 2.24) is 19.1 Å². The molecule has 15 nitrogen and oxygen atoms in total. The summed E-state index contributed by atoms with van der Waals surface area (Å²) in [5.41, 5.74) is 3.04. The van der Waals surface area contributed by atoms with E-state index in [1.165, 1.54) is 21.5 Å². The Morgan fingerprint density at radius 2 is 1.02 bits per heavy atom. The third-order valence-electron chi connectivity index (χ3n) is 8.04. The van der Waals surface area contributed by atoms with Crippen molar-refractivity contribution < 1.29 is 43.2 Å². The fourth-order valence-corrected chi connectivity index (χ4v) is 5.87. The van der Waals surface area contributed by atoms with Crippen LogP contribution in [0.5, 0.6) is 0 Å². The van der Waals surface area contributed by atoms with Crippen LogP contribution in [0, 0.1) is 22.3 Å². The summed E-state index contributed by atoms with van der Waals surface area (Å²) in [5.74, 6) is 6.32. The first-order chi connectivity index (χ1) is 29.6. The second-order valence-corrected chi connectivity index (χ2v) is 19.7. The van der Waals surface area contributed by atoms with E-state index < -0.39 is 46.8 Å². The van der Waals surface area contributed by atoms with Gasteiger partial charge in [0.1, 0.15) is 22.4 Å². The van der Waals surface area contributed by atoms with E-state index in [-0.39, 0.29) is 18.5 Å². The first kappa shape index (κ1) is 50.5. The van der Waals surface area contributed by atoms with Crippen LogP contribution in [0.15, 0.2) is 79.1 Å². The number of aromatic nitrogens is 4. The minimum absolute atomic E-state index is 0.00903. The fourth-order valence-electron chi connectivity index (χ4n) is 5.51. The zero-order chi connectivity index (χ0) is 47.8. The van der Waals surface area contributed by atoms with Crippen molar-refractivity contribution in [3.63, 3.8) is 0 Å². The molecule has 5 rings (SSSR count). The van der Waals surface area contributed by atoms with Crippen LogP contribution in [0.2, 0.25) is 0 Å². The number of hydrogen-bond donors (Lipinski definition) is 3. The van der Waals surface area contributed by atoms with E-state index in [2.05, 4.69) is 55.0 Å². The molecule has 16 heteroatoms. The van der Waals surface area contributed by atoms with Crippen LogP contribution in [-0.4, -0.2) is 71.0 Å². The van der Waals surface area contributed by atoms with Crippen molar-refractivity contribution in [2.45, 2.75) is 119 Å². The smallest absolute Gasteiger partial charge is 0.421 e. The Bertz CT molecular complexity index is 2520.